The van der Waals surface area contributed by atoms with Crippen molar-refractivity contribution in [3.05, 3.63) is 65.7 Å². The van der Waals surface area contributed by atoms with E-state index >= 15 is 0 Å². The monoisotopic (exact) mass is 271 g/mol. The summed E-state index contributed by atoms with van der Waals surface area (Å²) < 4.78 is 0. The average molecular weight is 271 g/mol. The lowest BCUT2D eigenvalue weighted by molar-refractivity contribution is 0.170. The van der Waals surface area contributed by atoms with Crippen LogP contribution >= 0.6 is 0 Å². The van der Waals surface area contributed by atoms with Crippen molar-refractivity contribution in [1.82, 2.24) is 5.32 Å². The summed E-state index contributed by atoms with van der Waals surface area (Å²) in [5.41, 5.74) is 2.00. The number of aliphatic hydroxyl groups is 1. The Morgan fingerprint density at radius 2 is 1.80 bits per heavy atom. The van der Waals surface area contributed by atoms with Gasteiger partial charge in [-0.15, -0.1) is 0 Å². The molecule has 0 fully saturated rings. The van der Waals surface area contributed by atoms with Gasteiger partial charge in [-0.25, -0.2) is 0 Å². The first-order valence-corrected chi connectivity index (χ1v) is 6.89. The zero-order chi connectivity index (χ0) is 14.4. The van der Waals surface area contributed by atoms with E-state index in [2.05, 4.69) is 24.4 Å². The summed E-state index contributed by atoms with van der Waals surface area (Å²) in [7, 11) is 0. The highest BCUT2D eigenvalue weighted by atomic mass is 16.3. The summed E-state index contributed by atoms with van der Waals surface area (Å²) >= 11 is 0. The molecule has 0 saturated carbocycles. The zero-order valence-corrected chi connectivity index (χ0v) is 11.7. The average Bonchev–Trinajstić information content (AvgIpc) is 2.46. The number of hydrogen-bond donors (Lipinski definition) is 3. The lowest BCUT2D eigenvalue weighted by Gasteiger charge is -2.17. The summed E-state index contributed by atoms with van der Waals surface area (Å²) in [5.74, 6) is 0.180. The van der Waals surface area contributed by atoms with Crippen LogP contribution in [0.15, 0.2) is 54.6 Å². The van der Waals surface area contributed by atoms with Gasteiger partial charge in [-0.3, -0.25) is 0 Å². The Balaban J connectivity index is 1.82. The van der Waals surface area contributed by atoms with Gasteiger partial charge in [0.25, 0.3) is 0 Å². The number of nitrogens with one attached hydrogen (secondary N) is 1. The highest BCUT2D eigenvalue weighted by molar-refractivity contribution is 5.28. The molecular weight excluding hydrogens is 250 g/mol. The van der Waals surface area contributed by atoms with E-state index in [9.17, 15) is 10.2 Å². The first kappa shape index (κ1) is 14.6. The Morgan fingerprint density at radius 1 is 1.05 bits per heavy atom. The number of aromatic hydroxyl groups is 1. The molecule has 0 radical (unpaired) electrons. The highest BCUT2D eigenvalue weighted by Gasteiger charge is 2.10. The predicted octanol–water partition coefficient (Wildman–Crippen LogP) is 2.65. The van der Waals surface area contributed by atoms with Crippen LogP contribution in [0.25, 0.3) is 0 Å². The van der Waals surface area contributed by atoms with Crippen molar-refractivity contribution in [2.75, 3.05) is 6.54 Å². The number of hydrogen-bond acceptors (Lipinski definition) is 3. The Kier molecular flexibility index (Phi) is 5.16. The van der Waals surface area contributed by atoms with E-state index in [4.69, 9.17) is 0 Å². The number of benzene rings is 2. The smallest absolute Gasteiger partial charge is 0.115 e. The molecule has 2 rings (SSSR count). The third-order valence-corrected chi connectivity index (χ3v) is 3.30. The minimum absolute atomic E-state index is 0.180. The van der Waals surface area contributed by atoms with Crippen LogP contribution in [0, 0.1) is 0 Å². The Bertz CT molecular complexity index is 528. The molecule has 0 aliphatic rings. The third kappa shape index (κ3) is 4.37. The Morgan fingerprint density at radius 3 is 2.50 bits per heavy atom. The fourth-order valence-electron chi connectivity index (χ4n) is 2.20. The van der Waals surface area contributed by atoms with Gasteiger partial charge in [0.1, 0.15) is 5.75 Å². The number of aliphatic hydroxyl groups excluding tert-OH is 1. The quantitative estimate of drug-likeness (QED) is 0.757. The number of phenols is 1. The van der Waals surface area contributed by atoms with E-state index < -0.39 is 6.10 Å². The minimum Gasteiger partial charge on any atom is -0.508 e. The maximum Gasteiger partial charge on any atom is 0.115 e. The lowest BCUT2D eigenvalue weighted by atomic mass is 10.1. The number of phenolic OH excluding ortho intramolecular Hbond substituents is 1. The first-order chi connectivity index (χ1) is 9.65. The predicted molar refractivity (Wildman–Crippen MR) is 80.7 cm³/mol. The molecule has 0 heterocycles. The van der Waals surface area contributed by atoms with Crippen LogP contribution < -0.4 is 5.32 Å². The van der Waals surface area contributed by atoms with Crippen molar-refractivity contribution in [3.63, 3.8) is 0 Å². The number of rotatable bonds is 6. The summed E-state index contributed by atoms with van der Waals surface area (Å²) in [6.45, 7) is 2.57. The molecule has 1 unspecified atom stereocenters. The molecule has 106 valence electrons. The molecule has 2 atom stereocenters. The molecule has 3 heteroatoms. The summed E-state index contributed by atoms with van der Waals surface area (Å²) in [4.78, 5) is 0. The molecule has 2 aromatic rings. The van der Waals surface area contributed by atoms with Crippen molar-refractivity contribution in [2.45, 2.75) is 25.5 Å². The van der Waals surface area contributed by atoms with Crippen LogP contribution in [0.4, 0.5) is 0 Å². The van der Waals surface area contributed by atoms with Crippen LogP contribution in [0.1, 0.15) is 24.2 Å². The molecule has 0 bridgehead atoms. The van der Waals surface area contributed by atoms with E-state index in [0.29, 0.717) is 6.54 Å². The van der Waals surface area contributed by atoms with E-state index in [1.807, 2.05) is 24.3 Å². The van der Waals surface area contributed by atoms with Gasteiger partial charge in [0.2, 0.25) is 0 Å². The van der Waals surface area contributed by atoms with Gasteiger partial charge >= 0.3 is 0 Å². The van der Waals surface area contributed by atoms with Gasteiger partial charge in [0, 0.05) is 12.6 Å². The van der Waals surface area contributed by atoms with Crippen LogP contribution in [-0.2, 0) is 6.42 Å². The van der Waals surface area contributed by atoms with Crippen LogP contribution in [0.5, 0.6) is 5.75 Å². The molecule has 0 aliphatic heterocycles. The van der Waals surface area contributed by atoms with Crippen molar-refractivity contribution < 1.29 is 10.2 Å². The Labute approximate surface area is 119 Å². The van der Waals surface area contributed by atoms with Gasteiger partial charge in [-0.2, -0.15) is 0 Å². The maximum absolute atomic E-state index is 10.1. The molecule has 20 heavy (non-hydrogen) atoms. The molecule has 3 N–H and O–H groups in total. The second-order valence-corrected chi connectivity index (χ2v) is 5.11. The topological polar surface area (TPSA) is 52.5 Å². The lowest BCUT2D eigenvalue weighted by Crippen LogP contribution is -2.32. The minimum atomic E-state index is -0.611. The molecule has 0 aromatic heterocycles. The standard InChI is InChI=1S/C17H21NO2/c1-13(10-14-6-3-2-4-7-14)18-12-17(20)15-8-5-9-16(19)11-15/h2-9,11,13,17-20H,10,12H2,1H3/t13?,17-/m0/s1. The van der Waals surface area contributed by atoms with E-state index in [1.54, 1.807) is 18.2 Å². The van der Waals surface area contributed by atoms with Gasteiger partial charge in [0.15, 0.2) is 0 Å². The Hall–Kier alpha value is -1.84. The molecule has 3 nitrogen and oxygen atoms in total. The summed E-state index contributed by atoms with van der Waals surface area (Å²) in [6.07, 6.45) is 0.313. The molecule has 2 aromatic carbocycles. The van der Waals surface area contributed by atoms with Crippen LogP contribution in [0.2, 0.25) is 0 Å². The van der Waals surface area contributed by atoms with Crippen LogP contribution in [-0.4, -0.2) is 22.8 Å². The van der Waals surface area contributed by atoms with Crippen molar-refractivity contribution in [1.29, 1.82) is 0 Å². The van der Waals surface area contributed by atoms with Crippen molar-refractivity contribution in [2.24, 2.45) is 0 Å². The largest absolute Gasteiger partial charge is 0.508 e. The van der Waals surface area contributed by atoms with E-state index in [0.717, 1.165) is 12.0 Å². The first-order valence-electron chi connectivity index (χ1n) is 6.89. The molecule has 0 spiro atoms. The van der Waals surface area contributed by atoms with E-state index in [1.165, 1.54) is 5.56 Å². The highest BCUT2D eigenvalue weighted by Crippen LogP contribution is 2.17. The van der Waals surface area contributed by atoms with E-state index in [-0.39, 0.29) is 11.8 Å². The van der Waals surface area contributed by atoms with Gasteiger partial charge in [-0.1, -0.05) is 42.5 Å². The maximum atomic E-state index is 10.1. The molecule has 0 saturated heterocycles. The van der Waals surface area contributed by atoms with Crippen molar-refractivity contribution >= 4 is 0 Å². The molecular formula is C17H21NO2. The second-order valence-electron chi connectivity index (χ2n) is 5.11. The summed E-state index contributed by atoms with van der Waals surface area (Å²) in [6, 6.07) is 17.3. The molecule has 0 aliphatic carbocycles. The SMILES string of the molecule is CC(Cc1ccccc1)NC[C@H](O)c1cccc(O)c1. The normalized spacial score (nSPS) is 13.9. The van der Waals surface area contributed by atoms with Gasteiger partial charge in [0.05, 0.1) is 6.10 Å². The van der Waals surface area contributed by atoms with Gasteiger partial charge < -0.3 is 15.5 Å². The fourth-order valence-corrected chi connectivity index (χ4v) is 2.20. The third-order valence-electron chi connectivity index (χ3n) is 3.30. The molecule has 0 amide bonds. The fraction of sp³-hybridized carbons (Fsp3) is 0.294. The zero-order valence-electron chi connectivity index (χ0n) is 11.7. The van der Waals surface area contributed by atoms with Gasteiger partial charge in [-0.05, 0) is 36.6 Å². The summed E-state index contributed by atoms with van der Waals surface area (Å²) in [5, 5.41) is 22.8. The second kappa shape index (κ2) is 7.08. The van der Waals surface area contributed by atoms with Crippen LogP contribution in [0.3, 0.4) is 0 Å². The van der Waals surface area contributed by atoms with Crippen molar-refractivity contribution in [3.8, 4) is 5.75 Å².